The summed E-state index contributed by atoms with van der Waals surface area (Å²) in [5.41, 5.74) is -1.76. The molecule has 9 nitrogen and oxygen atoms in total. The number of esters is 1. The van der Waals surface area contributed by atoms with E-state index in [0.717, 1.165) is 4.90 Å². The van der Waals surface area contributed by atoms with E-state index in [1.807, 2.05) is 6.92 Å². The van der Waals surface area contributed by atoms with Crippen molar-refractivity contribution in [2.24, 2.45) is 0 Å². The first-order chi connectivity index (χ1) is 16.5. The van der Waals surface area contributed by atoms with Crippen molar-refractivity contribution in [3.63, 3.8) is 0 Å². The lowest BCUT2D eigenvalue weighted by Gasteiger charge is -2.45. The van der Waals surface area contributed by atoms with Gasteiger partial charge in [-0.2, -0.15) is 0 Å². The molecule has 2 aliphatic heterocycles. The molecule has 0 spiro atoms. The average Bonchev–Trinajstić information content (AvgIpc) is 3.12. The Labute approximate surface area is 197 Å². The molecule has 178 valence electrons. The van der Waals surface area contributed by atoms with E-state index >= 15 is 0 Å². The van der Waals surface area contributed by atoms with Crippen molar-refractivity contribution in [2.75, 3.05) is 44.9 Å². The van der Waals surface area contributed by atoms with Crippen molar-refractivity contribution in [2.45, 2.75) is 12.6 Å². The summed E-state index contributed by atoms with van der Waals surface area (Å²) in [5, 5.41) is 11.4. The maximum Gasteiger partial charge on any atom is 0.352 e. The van der Waals surface area contributed by atoms with Gasteiger partial charge in [0.1, 0.15) is 17.1 Å². The number of morpholine rings is 1. The lowest BCUT2D eigenvalue weighted by atomic mass is 9.92. The van der Waals surface area contributed by atoms with Gasteiger partial charge in [0.05, 0.1) is 26.9 Å². The third kappa shape index (κ3) is 3.72. The fourth-order valence-electron chi connectivity index (χ4n) is 4.45. The smallest absolute Gasteiger partial charge is 0.352 e. The molecule has 1 N–H and O–H groups in total. The molecule has 34 heavy (non-hydrogen) atoms. The predicted octanol–water partition coefficient (Wildman–Crippen LogP) is 2.17. The summed E-state index contributed by atoms with van der Waals surface area (Å²) in [7, 11) is 1.19. The molecule has 2 fully saturated rings. The van der Waals surface area contributed by atoms with E-state index in [0.29, 0.717) is 18.0 Å². The van der Waals surface area contributed by atoms with Gasteiger partial charge in [-0.15, -0.1) is 0 Å². The van der Waals surface area contributed by atoms with Gasteiger partial charge < -0.3 is 19.3 Å². The van der Waals surface area contributed by atoms with Gasteiger partial charge in [-0.25, -0.2) is 4.79 Å². The SMILES string of the molecule is CCOc1ccc(/C(O)=C2/C(=O)C(=O)N(c3ccccc3)C2(C(=O)OC)N2CCOCC2)cc1. The number of aliphatic hydroxyl groups excluding tert-OH is 1. The highest BCUT2D eigenvalue weighted by Gasteiger charge is 2.66. The second-order valence-corrected chi connectivity index (χ2v) is 7.75. The summed E-state index contributed by atoms with van der Waals surface area (Å²) in [4.78, 5) is 43.2. The Bertz CT molecular complexity index is 1110. The van der Waals surface area contributed by atoms with Crippen LogP contribution in [0.3, 0.4) is 0 Å². The molecule has 1 atom stereocenters. The number of aliphatic hydroxyl groups is 1. The molecular formula is C25H26N2O7. The number of ketones is 1. The fraction of sp³-hybridized carbons (Fsp3) is 0.320. The molecule has 2 heterocycles. The Balaban J connectivity index is 1.99. The third-order valence-electron chi connectivity index (χ3n) is 5.93. The number of hydrogen-bond acceptors (Lipinski definition) is 8. The van der Waals surface area contributed by atoms with Crippen LogP contribution in [-0.2, 0) is 23.9 Å². The molecule has 0 radical (unpaired) electrons. The minimum absolute atomic E-state index is 0.235. The highest BCUT2D eigenvalue weighted by molar-refractivity contribution is 6.54. The van der Waals surface area contributed by atoms with Crippen molar-refractivity contribution < 1.29 is 33.7 Å². The number of rotatable bonds is 6. The zero-order chi connectivity index (χ0) is 24.3. The molecule has 1 unspecified atom stereocenters. The topological polar surface area (TPSA) is 106 Å². The molecule has 1 amide bonds. The number of para-hydroxylation sites is 1. The summed E-state index contributed by atoms with van der Waals surface area (Å²) in [6.07, 6.45) is 0. The highest BCUT2D eigenvalue weighted by Crippen LogP contribution is 2.44. The standard InChI is InChI=1S/C25H26N2O7/c1-3-34-19-11-9-17(10-12-19)21(28)20-22(29)23(30)27(18-7-5-4-6-8-18)25(20,24(31)32-2)26-13-15-33-16-14-26/h4-12,28H,3,13-16H2,1-2H3/b21-20+. The number of methoxy groups -OCH3 is 1. The molecule has 2 saturated heterocycles. The van der Waals surface area contributed by atoms with Gasteiger partial charge >= 0.3 is 11.9 Å². The number of carbonyl (C=O) groups excluding carboxylic acids is 3. The second kappa shape index (κ2) is 9.66. The van der Waals surface area contributed by atoms with Crippen molar-refractivity contribution in [1.82, 2.24) is 4.90 Å². The minimum atomic E-state index is -2.00. The molecule has 0 aliphatic carbocycles. The van der Waals surface area contributed by atoms with Crippen LogP contribution < -0.4 is 9.64 Å². The van der Waals surface area contributed by atoms with Crippen LogP contribution >= 0.6 is 0 Å². The minimum Gasteiger partial charge on any atom is -0.507 e. The number of hydrogen-bond donors (Lipinski definition) is 1. The number of ether oxygens (including phenoxy) is 3. The summed E-state index contributed by atoms with van der Waals surface area (Å²) >= 11 is 0. The zero-order valence-corrected chi connectivity index (χ0v) is 19.0. The summed E-state index contributed by atoms with van der Waals surface area (Å²) in [6, 6.07) is 14.8. The number of nitrogens with zero attached hydrogens (tertiary/aromatic N) is 2. The first kappa shape index (κ1) is 23.5. The first-order valence-electron chi connectivity index (χ1n) is 11.0. The van der Waals surface area contributed by atoms with Gasteiger partial charge in [0.25, 0.3) is 5.78 Å². The molecule has 0 aromatic heterocycles. The van der Waals surface area contributed by atoms with Gasteiger partial charge in [0.15, 0.2) is 0 Å². The van der Waals surface area contributed by atoms with Crippen LogP contribution in [0.5, 0.6) is 5.75 Å². The van der Waals surface area contributed by atoms with Crippen molar-refractivity contribution in [1.29, 1.82) is 0 Å². The lowest BCUT2D eigenvalue weighted by molar-refractivity contribution is -0.155. The summed E-state index contributed by atoms with van der Waals surface area (Å²) < 4.78 is 16.1. The van der Waals surface area contributed by atoms with Crippen molar-refractivity contribution in [3.8, 4) is 5.75 Å². The van der Waals surface area contributed by atoms with Gasteiger partial charge in [-0.3, -0.25) is 19.4 Å². The number of carbonyl (C=O) groups is 3. The van der Waals surface area contributed by atoms with Crippen LogP contribution in [0.2, 0.25) is 0 Å². The molecular weight excluding hydrogens is 440 g/mol. The fourth-order valence-corrected chi connectivity index (χ4v) is 4.45. The molecule has 2 aromatic rings. The van der Waals surface area contributed by atoms with E-state index in [1.165, 1.54) is 7.11 Å². The van der Waals surface area contributed by atoms with E-state index in [-0.39, 0.29) is 37.4 Å². The Kier molecular flexibility index (Phi) is 6.67. The number of Topliss-reactive ketones (excluding diaryl/α,β-unsaturated/α-hetero) is 1. The molecule has 0 bridgehead atoms. The van der Waals surface area contributed by atoms with Gasteiger partial charge in [-0.1, -0.05) is 18.2 Å². The van der Waals surface area contributed by atoms with E-state index in [1.54, 1.807) is 59.5 Å². The summed E-state index contributed by atoms with van der Waals surface area (Å²) in [6.45, 7) is 3.34. The first-order valence-corrected chi connectivity index (χ1v) is 11.0. The monoisotopic (exact) mass is 466 g/mol. The maximum atomic E-state index is 13.6. The van der Waals surface area contributed by atoms with Crippen LogP contribution in [-0.4, -0.2) is 73.3 Å². The zero-order valence-electron chi connectivity index (χ0n) is 19.0. The third-order valence-corrected chi connectivity index (χ3v) is 5.93. The van der Waals surface area contributed by atoms with E-state index in [9.17, 15) is 19.5 Å². The van der Waals surface area contributed by atoms with Crippen molar-refractivity contribution in [3.05, 3.63) is 65.7 Å². The van der Waals surface area contributed by atoms with Gasteiger partial charge in [0, 0.05) is 24.3 Å². The van der Waals surface area contributed by atoms with Crippen LogP contribution in [0.15, 0.2) is 60.2 Å². The van der Waals surface area contributed by atoms with E-state index < -0.39 is 29.1 Å². The maximum absolute atomic E-state index is 13.6. The molecule has 0 saturated carbocycles. The van der Waals surface area contributed by atoms with E-state index in [4.69, 9.17) is 14.2 Å². The van der Waals surface area contributed by atoms with Crippen LogP contribution in [0, 0.1) is 0 Å². The molecule has 4 rings (SSSR count). The number of benzene rings is 2. The van der Waals surface area contributed by atoms with Crippen LogP contribution in [0.25, 0.3) is 5.76 Å². The normalized spacial score (nSPS) is 22.6. The average molecular weight is 466 g/mol. The van der Waals surface area contributed by atoms with Gasteiger partial charge in [-0.05, 0) is 43.3 Å². The number of amides is 1. The Morgan fingerprint density at radius 2 is 1.71 bits per heavy atom. The highest BCUT2D eigenvalue weighted by atomic mass is 16.5. The summed E-state index contributed by atoms with van der Waals surface area (Å²) in [5.74, 6) is -2.67. The quantitative estimate of drug-likeness (QED) is 0.299. The van der Waals surface area contributed by atoms with Crippen LogP contribution in [0.1, 0.15) is 12.5 Å². The Morgan fingerprint density at radius 1 is 1.06 bits per heavy atom. The number of anilines is 1. The second-order valence-electron chi connectivity index (χ2n) is 7.75. The van der Waals surface area contributed by atoms with Crippen molar-refractivity contribution >= 4 is 29.1 Å². The van der Waals surface area contributed by atoms with E-state index in [2.05, 4.69) is 0 Å². The Hall–Kier alpha value is -3.69. The largest absolute Gasteiger partial charge is 0.507 e. The van der Waals surface area contributed by atoms with Crippen LogP contribution in [0.4, 0.5) is 5.69 Å². The van der Waals surface area contributed by atoms with Gasteiger partial charge in [0.2, 0.25) is 5.66 Å². The lowest BCUT2D eigenvalue weighted by Crippen LogP contribution is -2.67. The molecule has 9 heteroatoms. The molecule has 2 aliphatic rings. The predicted molar refractivity (Wildman–Crippen MR) is 123 cm³/mol. The Morgan fingerprint density at radius 3 is 2.29 bits per heavy atom. The molecule has 2 aromatic carbocycles.